The van der Waals surface area contributed by atoms with Gasteiger partial charge in [-0.1, -0.05) is 15.9 Å². The molecule has 1 amide bonds. The number of halogens is 1. The van der Waals surface area contributed by atoms with Crippen LogP contribution in [0.15, 0.2) is 33.8 Å². The van der Waals surface area contributed by atoms with E-state index < -0.39 is 0 Å². The molecule has 6 nitrogen and oxygen atoms in total. The third kappa shape index (κ3) is 3.45. The Bertz CT molecular complexity index is 795. The van der Waals surface area contributed by atoms with Crippen molar-refractivity contribution in [3.05, 3.63) is 39.4 Å². The summed E-state index contributed by atoms with van der Waals surface area (Å²) in [7, 11) is 0. The lowest BCUT2D eigenvalue weighted by Crippen LogP contribution is -2.49. The number of nitrogens with zero attached hydrogens (tertiary/aromatic N) is 3. The maximum Gasteiger partial charge on any atom is 0.261 e. The fraction of sp³-hybridized carbons (Fsp3) is 0.438. The average Bonchev–Trinajstić information content (AvgIpc) is 2.49. The molecule has 2 heterocycles. The van der Waals surface area contributed by atoms with Crippen molar-refractivity contribution in [1.82, 2.24) is 14.5 Å². The van der Waals surface area contributed by atoms with E-state index in [1.165, 1.54) is 10.9 Å². The van der Waals surface area contributed by atoms with E-state index in [-0.39, 0.29) is 30.2 Å². The van der Waals surface area contributed by atoms with Gasteiger partial charge in [-0.25, -0.2) is 4.98 Å². The van der Waals surface area contributed by atoms with Crippen LogP contribution in [0.25, 0.3) is 10.9 Å². The van der Waals surface area contributed by atoms with Gasteiger partial charge in [-0.05, 0) is 32.0 Å². The van der Waals surface area contributed by atoms with Crippen LogP contribution in [0.2, 0.25) is 0 Å². The third-order valence-corrected chi connectivity index (χ3v) is 4.36. The number of fused-ring (bicyclic) bond motifs is 1. The summed E-state index contributed by atoms with van der Waals surface area (Å²) in [6, 6.07) is 5.34. The Balaban J connectivity index is 1.85. The summed E-state index contributed by atoms with van der Waals surface area (Å²) in [6.07, 6.45) is 1.44. The van der Waals surface area contributed by atoms with Crippen LogP contribution in [0.5, 0.6) is 0 Å². The Morgan fingerprint density at radius 1 is 1.35 bits per heavy atom. The van der Waals surface area contributed by atoms with E-state index in [4.69, 9.17) is 4.74 Å². The van der Waals surface area contributed by atoms with Crippen LogP contribution in [0.1, 0.15) is 13.8 Å². The Morgan fingerprint density at radius 3 is 2.74 bits per heavy atom. The lowest BCUT2D eigenvalue weighted by molar-refractivity contribution is -0.143. The van der Waals surface area contributed by atoms with Gasteiger partial charge in [0.15, 0.2) is 0 Å². The summed E-state index contributed by atoms with van der Waals surface area (Å²) in [5.74, 6) is -0.0924. The summed E-state index contributed by atoms with van der Waals surface area (Å²) in [4.78, 5) is 31.0. The summed E-state index contributed by atoms with van der Waals surface area (Å²) >= 11 is 3.35. The highest BCUT2D eigenvalue weighted by Gasteiger charge is 2.26. The quantitative estimate of drug-likeness (QED) is 0.797. The first kappa shape index (κ1) is 16.1. The van der Waals surface area contributed by atoms with Gasteiger partial charge in [-0.3, -0.25) is 14.2 Å². The van der Waals surface area contributed by atoms with E-state index in [1.54, 1.807) is 17.0 Å². The first-order valence-electron chi connectivity index (χ1n) is 7.52. The number of amides is 1. The second-order valence-corrected chi connectivity index (χ2v) is 6.81. The normalized spacial score (nSPS) is 21.6. The number of rotatable bonds is 2. The Labute approximate surface area is 142 Å². The van der Waals surface area contributed by atoms with Crippen LogP contribution in [0, 0.1) is 0 Å². The van der Waals surface area contributed by atoms with E-state index >= 15 is 0 Å². The zero-order chi connectivity index (χ0) is 16.6. The number of aromatic nitrogens is 2. The number of benzene rings is 1. The molecule has 1 aliphatic rings. The van der Waals surface area contributed by atoms with Gasteiger partial charge < -0.3 is 9.64 Å². The molecule has 7 heteroatoms. The third-order valence-electron chi connectivity index (χ3n) is 3.86. The molecule has 1 fully saturated rings. The Kier molecular flexibility index (Phi) is 4.50. The molecule has 0 N–H and O–H groups in total. The molecule has 1 saturated heterocycles. The minimum Gasteiger partial charge on any atom is -0.372 e. The SMILES string of the molecule is C[C@H]1CN(C(=O)Cn2cnc3ccc(Br)cc3c2=O)C[C@H](C)O1. The highest BCUT2D eigenvalue weighted by molar-refractivity contribution is 9.10. The summed E-state index contributed by atoms with van der Waals surface area (Å²) in [6.45, 7) is 4.97. The smallest absolute Gasteiger partial charge is 0.261 e. The van der Waals surface area contributed by atoms with Crippen LogP contribution in [0.3, 0.4) is 0 Å². The molecular weight excluding hydrogens is 362 g/mol. The van der Waals surface area contributed by atoms with E-state index in [2.05, 4.69) is 20.9 Å². The van der Waals surface area contributed by atoms with Crippen LogP contribution < -0.4 is 5.56 Å². The molecule has 1 aromatic carbocycles. The fourth-order valence-electron chi connectivity index (χ4n) is 2.87. The lowest BCUT2D eigenvalue weighted by Gasteiger charge is -2.35. The highest BCUT2D eigenvalue weighted by atomic mass is 79.9. The van der Waals surface area contributed by atoms with Crippen LogP contribution >= 0.6 is 15.9 Å². The lowest BCUT2D eigenvalue weighted by atomic mass is 10.2. The second-order valence-electron chi connectivity index (χ2n) is 5.90. The van der Waals surface area contributed by atoms with E-state index in [0.717, 1.165) is 4.47 Å². The van der Waals surface area contributed by atoms with Crippen molar-refractivity contribution in [1.29, 1.82) is 0 Å². The topological polar surface area (TPSA) is 64.4 Å². The van der Waals surface area contributed by atoms with Crippen LogP contribution in [0.4, 0.5) is 0 Å². The molecule has 0 bridgehead atoms. The first-order valence-corrected chi connectivity index (χ1v) is 8.31. The Morgan fingerprint density at radius 2 is 2.04 bits per heavy atom. The van der Waals surface area contributed by atoms with Gasteiger partial charge in [0.25, 0.3) is 5.56 Å². The van der Waals surface area contributed by atoms with Crippen molar-refractivity contribution in [2.75, 3.05) is 13.1 Å². The maximum atomic E-state index is 12.5. The monoisotopic (exact) mass is 379 g/mol. The standard InChI is InChI=1S/C16H18BrN3O3/c1-10-6-19(7-11(2)23-10)15(21)8-20-9-18-14-4-3-12(17)5-13(14)16(20)22/h3-5,9-11H,6-8H2,1-2H3/t10-,11-/m0/s1. The van der Waals surface area contributed by atoms with Crippen molar-refractivity contribution in [3.63, 3.8) is 0 Å². The summed E-state index contributed by atoms with van der Waals surface area (Å²) < 4.78 is 7.80. The van der Waals surface area contributed by atoms with Crippen molar-refractivity contribution >= 4 is 32.7 Å². The largest absolute Gasteiger partial charge is 0.372 e. The predicted molar refractivity (Wildman–Crippen MR) is 90.3 cm³/mol. The summed E-state index contributed by atoms with van der Waals surface area (Å²) in [5.41, 5.74) is 0.412. The Hall–Kier alpha value is -1.73. The molecule has 3 rings (SSSR count). The van der Waals surface area contributed by atoms with Gasteiger partial charge in [0.05, 0.1) is 29.4 Å². The van der Waals surface area contributed by atoms with Gasteiger partial charge in [0, 0.05) is 17.6 Å². The number of carbonyl (C=O) groups is 1. The van der Waals surface area contributed by atoms with Crippen molar-refractivity contribution < 1.29 is 9.53 Å². The fourth-order valence-corrected chi connectivity index (χ4v) is 3.23. The number of ether oxygens (including phenoxy) is 1. The van der Waals surface area contributed by atoms with Crippen molar-refractivity contribution in [3.8, 4) is 0 Å². The molecule has 1 aromatic heterocycles. The van der Waals surface area contributed by atoms with Crippen molar-refractivity contribution in [2.45, 2.75) is 32.6 Å². The molecule has 0 radical (unpaired) electrons. The van der Waals surface area contributed by atoms with E-state index in [9.17, 15) is 9.59 Å². The summed E-state index contributed by atoms with van der Waals surface area (Å²) in [5, 5.41) is 0.499. The zero-order valence-electron chi connectivity index (χ0n) is 13.0. The van der Waals surface area contributed by atoms with Crippen LogP contribution in [-0.4, -0.2) is 45.7 Å². The van der Waals surface area contributed by atoms with Gasteiger partial charge in [-0.2, -0.15) is 0 Å². The molecular formula is C16H18BrN3O3. The van der Waals surface area contributed by atoms with E-state index in [0.29, 0.717) is 24.0 Å². The van der Waals surface area contributed by atoms with E-state index in [1.807, 2.05) is 19.9 Å². The number of hydrogen-bond donors (Lipinski definition) is 0. The molecule has 23 heavy (non-hydrogen) atoms. The molecule has 122 valence electrons. The minimum atomic E-state index is -0.209. The number of hydrogen-bond acceptors (Lipinski definition) is 4. The van der Waals surface area contributed by atoms with Gasteiger partial charge in [0.2, 0.25) is 5.91 Å². The maximum absolute atomic E-state index is 12.5. The molecule has 0 saturated carbocycles. The molecule has 1 aliphatic heterocycles. The number of morpholine rings is 1. The molecule has 0 unspecified atom stereocenters. The molecule has 2 atom stereocenters. The highest BCUT2D eigenvalue weighted by Crippen LogP contribution is 2.15. The minimum absolute atomic E-state index is 0.00473. The number of carbonyl (C=O) groups excluding carboxylic acids is 1. The first-order chi connectivity index (χ1) is 10.9. The molecule has 0 spiro atoms. The van der Waals surface area contributed by atoms with Gasteiger partial charge in [0.1, 0.15) is 6.54 Å². The van der Waals surface area contributed by atoms with Gasteiger partial charge in [-0.15, -0.1) is 0 Å². The average molecular weight is 380 g/mol. The van der Waals surface area contributed by atoms with Crippen LogP contribution in [-0.2, 0) is 16.1 Å². The second kappa shape index (κ2) is 6.41. The van der Waals surface area contributed by atoms with Crippen molar-refractivity contribution in [2.24, 2.45) is 0 Å². The zero-order valence-corrected chi connectivity index (χ0v) is 14.6. The molecule has 0 aliphatic carbocycles. The molecule has 2 aromatic rings. The predicted octanol–water partition coefficient (Wildman–Crippen LogP) is 1.79. The van der Waals surface area contributed by atoms with Gasteiger partial charge >= 0.3 is 0 Å².